The highest BCUT2D eigenvalue weighted by Crippen LogP contribution is 2.19. The van der Waals surface area contributed by atoms with E-state index in [0.29, 0.717) is 19.7 Å². The SMILES string of the molecule is CN(CC(C)(C)CN)C(=O)C1CCCOC1. The first-order chi connectivity index (χ1) is 7.46. The molecule has 0 spiro atoms. The average molecular weight is 228 g/mol. The number of carbonyl (C=O) groups is 1. The minimum atomic E-state index is -0.0140. The third-order valence-electron chi connectivity index (χ3n) is 3.10. The Hall–Kier alpha value is -0.610. The normalized spacial score (nSPS) is 21.9. The number of rotatable bonds is 4. The minimum absolute atomic E-state index is 0.0140. The first-order valence-corrected chi connectivity index (χ1v) is 5.99. The number of carbonyl (C=O) groups excluding carboxylic acids is 1. The van der Waals surface area contributed by atoms with Crippen LogP contribution in [-0.2, 0) is 9.53 Å². The molecule has 94 valence electrons. The smallest absolute Gasteiger partial charge is 0.227 e. The van der Waals surface area contributed by atoms with E-state index in [9.17, 15) is 4.79 Å². The molecule has 1 unspecified atom stereocenters. The van der Waals surface area contributed by atoms with Gasteiger partial charge in [0.05, 0.1) is 12.5 Å². The van der Waals surface area contributed by atoms with Crippen LogP contribution in [0.4, 0.5) is 0 Å². The second kappa shape index (κ2) is 5.64. The summed E-state index contributed by atoms with van der Waals surface area (Å²) >= 11 is 0. The van der Waals surface area contributed by atoms with Gasteiger partial charge in [0.15, 0.2) is 0 Å². The van der Waals surface area contributed by atoms with Crippen LogP contribution in [0.2, 0.25) is 0 Å². The van der Waals surface area contributed by atoms with Gasteiger partial charge in [-0.25, -0.2) is 0 Å². The van der Waals surface area contributed by atoms with E-state index in [-0.39, 0.29) is 17.2 Å². The van der Waals surface area contributed by atoms with Gasteiger partial charge in [-0.05, 0) is 24.8 Å². The lowest BCUT2D eigenvalue weighted by atomic mass is 9.92. The zero-order valence-corrected chi connectivity index (χ0v) is 10.7. The average Bonchev–Trinajstić information content (AvgIpc) is 2.28. The highest BCUT2D eigenvalue weighted by Gasteiger charge is 2.27. The van der Waals surface area contributed by atoms with Gasteiger partial charge in [-0.3, -0.25) is 4.79 Å². The van der Waals surface area contributed by atoms with E-state index in [2.05, 4.69) is 13.8 Å². The number of nitrogens with zero attached hydrogens (tertiary/aromatic N) is 1. The Kier molecular flexibility index (Phi) is 4.74. The zero-order valence-electron chi connectivity index (χ0n) is 10.7. The Morgan fingerprint density at radius 1 is 1.56 bits per heavy atom. The lowest BCUT2D eigenvalue weighted by molar-refractivity contribution is -0.139. The van der Waals surface area contributed by atoms with E-state index in [1.54, 1.807) is 4.90 Å². The van der Waals surface area contributed by atoms with Crippen molar-refractivity contribution < 1.29 is 9.53 Å². The molecule has 1 aliphatic rings. The van der Waals surface area contributed by atoms with Crippen LogP contribution in [0.25, 0.3) is 0 Å². The Bertz CT molecular complexity index is 235. The van der Waals surface area contributed by atoms with Crippen molar-refractivity contribution in [1.82, 2.24) is 4.90 Å². The molecule has 0 radical (unpaired) electrons. The van der Waals surface area contributed by atoms with Crippen molar-refractivity contribution in [3.05, 3.63) is 0 Å². The van der Waals surface area contributed by atoms with Crippen molar-refractivity contribution in [2.75, 3.05) is 33.4 Å². The Balaban J connectivity index is 2.46. The molecule has 0 aromatic carbocycles. The third-order valence-corrected chi connectivity index (χ3v) is 3.10. The van der Waals surface area contributed by atoms with Crippen molar-refractivity contribution in [2.45, 2.75) is 26.7 Å². The Morgan fingerprint density at radius 3 is 2.75 bits per heavy atom. The van der Waals surface area contributed by atoms with Gasteiger partial charge in [0, 0.05) is 20.2 Å². The predicted octanol–water partition coefficient (Wildman–Crippen LogP) is 0.856. The van der Waals surface area contributed by atoms with Crippen molar-refractivity contribution in [3.8, 4) is 0 Å². The number of amides is 1. The van der Waals surface area contributed by atoms with Gasteiger partial charge < -0.3 is 15.4 Å². The van der Waals surface area contributed by atoms with E-state index >= 15 is 0 Å². The fraction of sp³-hybridized carbons (Fsp3) is 0.917. The van der Waals surface area contributed by atoms with Gasteiger partial charge in [0.25, 0.3) is 0 Å². The molecule has 0 aliphatic carbocycles. The largest absolute Gasteiger partial charge is 0.381 e. The first-order valence-electron chi connectivity index (χ1n) is 5.99. The molecule has 4 heteroatoms. The van der Waals surface area contributed by atoms with Crippen LogP contribution in [0.15, 0.2) is 0 Å². The number of ether oxygens (including phenoxy) is 1. The monoisotopic (exact) mass is 228 g/mol. The molecule has 0 bridgehead atoms. The molecule has 1 amide bonds. The molecule has 4 nitrogen and oxygen atoms in total. The number of nitrogens with two attached hydrogens (primary N) is 1. The number of hydrogen-bond donors (Lipinski definition) is 1. The molecule has 1 saturated heterocycles. The first kappa shape index (κ1) is 13.5. The standard InChI is InChI=1S/C12H24N2O2/c1-12(2,8-13)9-14(3)11(15)10-5-4-6-16-7-10/h10H,4-9,13H2,1-3H3. The summed E-state index contributed by atoms with van der Waals surface area (Å²) in [4.78, 5) is 13.9. The highest BCUT2D eigenvalue weighted by molar-refractivity contribution is 5.78. The van der Waals surface area contributed by atoms with Crippen LogP contribution in [0.3, 0.4) is 0 Å². The molecule has 0 aromatic rings. The maximum atomic E-state index is 12.1. The second-order valence-corrected chi connectivity index (χ2v) is 5.48. The molecule has 1 rings (SSSR count). The van der Waals surface area contributed by atoms with Crippen molar-refractivity contribution >= 4 is 5.91 Å². The van der Waals surface area contributed by atoms with E-state index in [4.69, 9.17) is 10.5 Å². The maximum absolute atomic E-state index is 12.1. The number of hydrogen-bond acceptors (Lipinski definition) is 3. The minimum Gasteiger partial charge on any atom is -0.381 e. The summed E-state index contributed by atoms with van der Waals surface area (Å²) in [5, 5.41) is 0. The predicted molar refractivity (Wildman–Crippen MR) is 64.0 cm³/mol. The van der Waals surface area contributed by atoms with Crippen LogP contribution in [-0.4, -0.2) is 44.2 Å². The Morgan fingerprint density at radius 2 is 2.25 bits per heavy atom. The fourth-order valence-electron chi connectivity index (χ4n) is 2.03. The second-order valence-electron chi connectivity index (χ2n) is 5.48. The zero-order chi connectivity index (χ0) is 12.2. The van der Waals surface area contributed by atoms with Crippen molar-refractivity contribution in [2.24, 2.45) is 17.1 Å². The van der Waals surface area contributed by atoms with E-state index in [1.807, 2.05) is 7.05 Å². The van der Waals surface area contributed by atoms with Gasteiger partial charge >= 0.3 is 0 Å². The summed E-state index contributed by atoms with van der Waals surface area (Å²) in [5.74, 6) is 0.244. The van der Waals surface area contributed by atoms with E-state index < -0.39 is 0 Å². The van der Waals surface area contributed by atoms with E-state index in [0.717, 1.165) is 19.4 Å². The molecule has 1 atom stereocenters. The molecular formula is C12H24N2O2. The molecule has 0 aromatic heterocycles. The van der Waals surface area contributed by atoms with Crippen molar-refractivity contribution in [1.29, 1.82) is 0 Å². The van der Waals surface area contributed by atoms with Gasteiger partial charge in [-0.15, -0.1) is 0 Å². The summed E-state index contributed by atoms with van der Waals surface area (Å²) in [6.07, 6.45) is 1.94. The van der Waals surface area contributed by atoms with Crippen LogP contribution in [0, 0.1) is 11.3 Å². The molecule has 2 N–H and O–H groups in total. The van der Waals surface area contributed by atoms with Crippen LogP contribution in [0.1, 0.15) is 26.7 Å². The van der Waals surface area contributed by atoms with Crippen LogP contribution >= 0.6 is 0 Å². The van der Waals surface area contributed by atoms with Gasteiger partial charge in [-0.1, -0.05) is 13.8 Å². The Labute approximate surface area is 98.1 Å². The summed E-state index contributed by atoms with van der Waals surface area (Å²) < 4.78 is 5.34. The molecule has 1 fully saturated rings. The molecule has 16 heavy (non-hydrogen) atoms. The summed E-state index contributed by atoms with van der Waals surface area (Å²) in [7, 11) is 1.86. The highest BCUT2D eigenvalue weighted by atomic mass is 16.5. The van der Waals surface area contributed by atoms with Gasteiger partial charge in [0.2, 0.25) is 5.91 Å². The molecular weight excluding hydrogens is 204 g/mol. The van der Waals surface area contributed by atoms with Gasteiger partial charge in [-0.2, -0.15) is 0 Å². The lowest BCUT2D eigenvalue weighted by Crippen LogP contribution is -2.43. The molecule has 0 saturated carbocycles. The molecule has 1 heterocycles. The van der Waals surface area contributed by atoms with Crippen LogP contribution < -0.4 is 5.73 Å². The maximum Gasteiger partial charge on any atom is 0.227 e. The molecule has 1 aliphatic heterocycles. The van der Waals surface area contributed by atoms with Crippen LogP contribution in [0.5, 0.6) is 0 Å². The summed E-state index contributed by atoms with van der Waals surface area (Å²) in [6, 6.07) is 0. The summed E-state index contributed by atoms with van der Waals surface area (Å²) in [6.45, 7) is 6.82. The lowest BCUT2D eigenvalue weighted by Gasteiger charge is -2.32. The topological polar surface area (TPSA) is 55.6 Å². The quantitative estimate of drug-likeness (QED) is 0.776. The van der Waals surface area contributed by atoms with E-state index in [1.165, 1.54) is 0 Å². The van der Waals surface area contributed by atoms with Crippen molar-refractivity contribution in [3.63, 3.8) is 0 Å². The summed E-state index contributed by atoms with van der Waals surface area (Å²) in [5.41, 5.74) is 5.66. The fourth-order valence-corrected chi connectivity index (χ4v) is 2.03. The third kappa shape index (κ3) is 3.76. The van der Waals surface area contributed by atoms with Gasteiger partial charge in [0.1, 0.15) is 0 Å².